The molecule has 0 fully saturated rings. The van der Waals surface area contributed by atoms with Gasteiger partial charge in [0.15, 0.2) is 5.79 Å². The Morgan fingerprint density at radius 3 is 2.45 bits per heavy atom. The average molecular weight is 153 g/mol. The molecule has 1 unspecified atom stereocenters. The normalized spacial score (nSPS) is 16.0. The molecule has 1 aromatic carbocycles. The van der Waals surface area contributed by atoms with E-state index < -0.39 is 5.79 Å². The van der Waals surface area contributed by atoms with Crippen LogP contribution in [0.2, 0.25) is 0 Å². The molecule has 1 rings (SSSR count). The molecule has 0 aliphatic carbocycles. The molecule has 0 spiro atoms. The fraction of sp³-hybridized carbons (Fsp3) is 0.333. The lowest BCUT2D eigenvalue weighted by Crippen LogP contribution is -2.26. The quantitative estimate of drug-likeness (QED) is 0.614. The lowest BCUT2D eigenvalue weighted by Gasteiger charge is -2.14. The van der Waals surface area contributed by atoms with Crippen molar-refractivity contribution in [1.29, 1.82) is 0 Å². The Balaban J connectivity index is 3.06. The second kappa shape index (κ2) is 2.62. The first-order chi connectivity index (χ1) is 5.00. The van der Waals surface area contributed by atoms with Gasteiger partial charge >= 0.3 is 0 Å². The summed E-state index contributed by atoms with van der Waals surface area (Å²) in [5, 5.41) is 0. The maximum absolute atomic E-state index is 13.1. The summed E-state index contributed by atoms with van der Waals surface area (Å²) in [4.78, 5) is 0. The van der Waals surface area contributed by atoms with E-state index >= 15 is 0 Å². The second-order valence-electron chi connectivity index (χ2n) is 2.95. The summed E-state index contributed by atoms with van der Waals surface area (Å²) >= 11 is 0. The zero-order chi connectivity index (χ0) is 8.48. The van der Waals surface area contributed by atoms with E-state index in [4.69, 9.17) is 5.73 Å². The van der Waals surface area contributed by atoms with Gasteiger partial charge in [-0.05, 0) is 13.8 Å². The number of alkyl halides is 1. The minimum Gasteiger partial charge on any atom is -0.296 e. The first-order valence-electron chi connectivity index (χ1n) is 3.55. The molecular formula is C9H12FN. The van der Waals surface area contributed by atoms with Crippen LogP contribution in [0, 0.1) is 6.92 Å². The highest BCUT2D eigenvalue weighted by atomic mass is 19.1. The van der Waals surface area contributed by atoms with E-state index in [2.05, 4.69) is 0 Å². The molecule has 1 atom stereocenters. The average Bonchev–Trinajstić information content (AvgIpc) is 1.86. The fourth-order valence-electron chi connectivity index (χ4n) is 0.949. The maximum Gasteiger partial charge on any atom is 0.182 e. The highest BCUT2D eigenvalue weighted by molar-refractivity contribution is 5.25. The van der Waals surface area contributed by atoms with Crippen molar-refractivity contribution in [2.45, 2.75) is 19.6 Å². The molecule has 0 aliphatic rings. The van der Waals surface area contributed by atoms with Gasteiger partial charge in [-0.3, -0.25) is 5.73 Å². The van der Waals surface area contributed by atoms with Crippen LogP contribution in [-0.4, -0.2) is 0 Å². The van der Waals surface area contributed by atoms with Crippen LogP contribution in [0.5, 0.6) is 0 Å². The van der Waals surface area contributed by atoms with Gasteiger partial charge in [-0.15, -0.1) is 0 Å². The van der Waals surface area contributed by atoms with Crippen LogP contribution in [0.3, 0.4) is 0 Å². The molecule has 60 valence electrons. The number of hydrogen-bond donors (Lipinski definition) is 1. The third kappa shape index (κ3) is 2.02. The molecule has 0 bridgehead atoms. The molecule has 0 aromatic heterocycles. The maximum atomic E-state index is 13.1. The Bertz CT molecular complexity index is 250. The van der Waals surface area contributed by atoms with Crippen molar-refractivity contribution in [1.82, 2.24) is 0 Å². The Labute approximate surface area is 66.0 Å². The zero-order valence-corrected chi connectivity index (χ0v) is 6.76. The van der Waals surface area contributed by atoms with Crippen LogP contribution in [0.25, 0.3) is 0 Å². The second-order valence-corrected chi connectivity index (χ2v) is 2.95. The first-order valence-corrected chi connectivity index (χ1v) is 3.55. The van der Waals surface area contributed by atoms with Gasteiger partial charge in [-0.1, -0.05) is 29.8 Å². The number of rotatable bonds is 1. The fourth-order valence-corrected chi connectivity index (χ4v) is 0.949. The van der Waals surface area contributed by atoms with E-state index in [0.717, 1.165) is 5.56 Å². The minimum absolute atomic E-state index is 0.525. The van der Waals surface area contributed by atoms with E-state index in [1.165, 1.54) is 6.92 Å². The molecule has 0 radical (unpaired) electrons. The predicted molar refractivity (Wildman–Crippen MR) is 43.8 cm³/mol. The topological polar surface area (TPSA) is 26.0 Å². The van der Waals surface area contributed by atoms with Crippen molar-refractivity contribution >= 4 is 0 Å². The predicted octanol–water partition coefficient (Wildman–Crippen LogP) is 2.10. The van der Waals surface area contributed by atoms with Crippen LogP contribution in [-0.2, 0) is 5.79 Å². The molecule has 0 aliphatic heterocycles. The van der Waals surface area contributed by atoms with E-state index in [0.29, 0.717) is 5.56 Å². The van der Waals surface area contributed by atoms with Crippen molar-refractivity contribution < 1.29 is 4.39 Å². The number of aryl methyl sites for hydroxylation is 1. The van der Waals surface area contributed by atoms with Gasteiger partial charge in [0.1, 0.15) is 0 Å². The molecule has 0 saturated carbocycles. The van der Waals surface area contributed by atoms with Crippen LogP contribution >= 0.6 is 0 Å². The van der Waals surface area contributed by atoms with Crippen molar-refractivity contribution in [3.8, 4) is 0 Å². The van der Waals surface area contributed by atoms with Crippen LogP contribution in [0.15, 0.2) is 24.3 Å². The summed E-state index contributed by atoms with van der Waals surface area (Å²) in [6.07, 6.45) is 0. The van der Waals surface area contributed by atoms with Crippen molar-refractivity contribution in [2.24, 2.45) is 5.73 Å². The van der Waals surface area contributed by atoms with Gasteiger partial charge in [0.05, 0.1) is 0 Å². The summed E-state index contributed by atoms with van der Waals surface area (Å²) in [5.74, 6) is -1.72. The minimum atomic E-state index is -1.72. The highest BCUT2D eigenvalue weighted by Crippen LogP contribution is 2.19. The smallest absolute Gasteiger partial charge is 0.182 e. The Morgan fingerprint density at radius 2 is 2.09 bits per heavy atom. The van der Waals surface area contributed by atoms with Crippen molar-refractivity contribution in [3.63, 3.8) is 0 Å². The van der Waals surface area contributed by atoms with Gasteiger partial charge in [0, 0.05) is 5.56 Å². The van der Waals surface area contributed by atoms with E-state index in [1.807, 2.05) is 13.0 Å². The lowest BCUT2D eigenvalue weighted by molar-refractivity contribution is 0.203. The van der Waals surface area contributed by atoms with Crippen molar-refractivity contribution in [2.75, 3.05) is 0 Å². The largest absolute Gasteiger partial charge is 0.296 e. The van der Waals surface area contributed by atoms with Gasteiger partial charge in [0.25, 0.3) is 0 Å². The zero-order valence-electron chi connectivity index (χ0n) is 6.76. The first kappa shape index (κ1) is 8.21. The van der Waals surface area contributed by atoms with Crippen molar-refractivity contribution in [3.05, 3.63) is 35.4 Å². The van der Waals surface area contributed by atoms with Crippen LogP contribution < -0.4 is 5.73 Å². The molecule has 2 heteroatoms. The number of benzene rings is 1. The Hall–Kier alpha value is -0.890. The lowest BCUT2D eigenvalue weighted by atomic mass is 10.1. The van der Waals surface area contributed by atoms with E-state index in [9.17, 15) is 4.39 Å². The molecule has 1 nitrogen and oxygen atoms in total. The van der Waals surface area contributed by atoms with Gasteiger partial charge in [-0.25, -0.2) is 4.39 Å². The third-order valence-electron chi connectivity index (χ3n) is 1.58. The van der Waals surface area contributed by atoms with Crippen LogP contribution in [0.4, 0.5) is 4.39 Å². The molecule has 0 amide bonds. The summed E-state index contributed by atoms with van der Waals surface area (Å²) < 4.78 is 13.1. The summed E-state index contributed by atoms with van der Waals surface area (Å²) in [6, 6.07) is 7.15. The molecule has 0 saturated heterocycles. The molecule has 0 heterocycles. The Morgan fingerprint density at radius 1 is 1.45 bits per heavy atom. The summed E-state index contributed by atoms with van der Waals surface area (Å²) in [7, 11) is 0. The Kier molecular flexibility index (Phi) is 1.96. The monoisotopic (exact) mass is 153 g/mol. The third-order valence-corrected chi connectivity index (χ3v) is 1.58. The highest BCUT2D eigenvalue weighted by Gasteiger charge is 2.18. The SMILES string of the molecule is Cc1cccc(C(C)(N)F)c1. The van der Waals surface area contributed by atoms with Gasteiger partial charge in [0.2, 0.25) is 0 Å². The molecular weight excluding hydrogens is 141 g/mol. The number of halogens is 1. The van der Waals surface area contributed by atoms with Crippen LogP contribution in [0.1, 0.15) is 18.1 Å². The number of nitrogens with two attached hydrogens (primary N) is 1. The molecule has 11 heavy (non-hydrogen) atoms. The molecule has 2 N–H and O–H groups in total. The number of hydrogen-bond acceptors (Lipinski definition) is 1. The van der Waals surface area contributed by atoms with E-state index in [1.54, 1.807) is 18.2 Å². The van der Waals surface area contributed by atoms with E-state index in [-0.39, 0.29) is 0 Å². The van der Waals surface area contributed by atoms with Gasteiger partial charge < -0.3 is 0 Å². The standard InChI is InChI=1S/C9H12FN/c1-7-4-3-5-8(6-7)9(2,10)11/h3-6H,11H2,1-2H3. The molecule has 1 aromatic rings. The van der Waals surface area contributed by atoms with Gasteiger partial charge in [-0.2, -0.15) is 0 Å². The summed E-state index contributed by atoms with van der Waals surface area (Å²) in [6.45, 7) is 3.26. The summed E-state index contributed by atoms with van der Waals surface area (Å²) in [5.41, 5.74) is 6.81.